The smallest absolute Gasteiger partial charge is 0.00695 e. The molecule has 0 heterocycles. The topological polar surface area (TPSA) is 0 Å². The molecule has 3 aromatic rings. The predicted molar refractivity (Wildman–Crippen MR) is 120 cm³/mol. The van der Waals surface area contributed by atoms with Gasteiger partial charge in [-0.1, -0.05) is 36.4 Å². The summed E-state index contributed by atoms with van der Waals surface area (Å²) in [7, 11) is -0.526. The van der Waals surface area contributed by atoms with Crippen molar-refractivity contribution < 1.29 is 0 Å². The number of hydrogen-bond donors (Lipinski definition) is 0. The minimum atomic E-state index is -0.526. The fourth-order valence-electron chi connectivity index (χ4n) is 2.64. The van der Waals surface area contributed by atoms with E-state index in [0.29, 0.717) is 0 Å². The highest BCUT2D eigenvalue weighted by Gasteiger charge is 2.16. The molecule has 0 nitrogen and oxygen atoms in total. The molecule has 3 rings (SSSR count). The van der Waals surface area contributed by atoms with Gasteiger partial charge < -0.3 is 0 Å². The summed E-state index contributed by atoms with van der Waals surface area (Å²) in [5.41, 5.74) is 0. The molecule has 0 spiro atoms. The molecular weight excluding hydrogens is 379 g/mol. The van der Waals surface area contributed by atoms with E-state index in [2.05, 4.69) is 91.6 Å². The van der Waals surface area contributed by atoms with E-state index in [9.17, 15) is 0 Å². The summed E-state index contributed by atoms with van der Waals surface area (Å²) in [6.45, 7) is 0. The molecular formula is C21H21PS3. The van der Waals surface area contributed by atoms with Gasteiger partial charge >= 0.3 is 0 Å². The Bertz CT molecular complexity index is 683. The van der Waals surface area contributed by atoms with Gasteiger partial charge in [0.25, 0.3) is 0 Å². The summed E-state index contributed by atoms with van der Waals surface area (Å²) in [5, 5.41) is 4.21. The molecule has 25 heavy (non-hydrogen) atoms. The molecule has 0 amide bonds. The molecule has 0 aliphatic carbocycles. The van der Waals surface area contributed by atoms with Crippen molar-refractivity contribution in [1.82, 2.24) is 0 Å². The van der Waals surface area contributed by atoms with E-state index in [1.165, 1.54) is 30.6 Å². The Morgan fingerprint density at radius 2 is 0.680 bits per heavy atom. The van der Waals surface area contributed by atoms with Gasteiger partial charge in [-0.3, -0.25) is 0 Å². The van der Waals surface area contributed by atoms with Crippen LogP contribution in [0.2, 0.25) is 0 Å². The van der Waals surface area contributed by atoms with Gasteiger partial charge in [0, 0.05) is 14.7 Å². The van der Waals surface area contributed by atoms with Crippen LogP contribution in [0.25, 0.3) is 0 Å². The van der Waals surface area contributed by atoms with Crippen LogP contribution >= 0.6 is 43.2 Å². The molecule has 3 aromatic carbocycles. The Morgan fingerprint density at radius 3 is 0.880 bits per heavy atom. The van der Waals surface area contributed by atoms with Crippen molar-refractivity contribution in [2.45, 2.75) is 14.7 Å². The van der Waals surface area contributed by atoms with E-state index in [0.717, 1.165) is 0 Å². The van der Waals surface area contributed by atoms with E-state index >= 15 is 0 Å². The average molecular weight is 401 g/mol. The van der Waals surface area contributed by atoms with Gasteiger partial charge in [0.05, 0.1) is 0 Å². The second-order valence-corrected chi connectivity index (χ2v) is 10.3. The lowest BCUT2D eigenvalue weighted by Gasteiger charge is -2.20. The van der Waals surface area contributed by atoms with Crippen LogP contribution in [-0.4, -0.2) is 18.8 Å². The number of benzene rings is 3. The normalized spacial score (nSPS) is 11.0. The molecule has 0 saturated heterocycles. The van der Waals surface area contributed by atoms with Crippen LogP contribution in [0.3, 0.4) is 0 Å². The quantitative estimate of drug-likeness (QED) is 0.390. The number of thioether (sulfide) groups is 3. The maximum atomic E-state index is 2.29. The fourth-order valence-corrected chi connectivity index (χ4v) is 6.10. The van der Waals surface area contributed by atoms with Crippen molar-refractivity contribution in [3.8, 4) is 0 Å². The van der Waals surface area contributed by atoms with Gasteiger partial charge in [0.1, 0.15) is 0 Å². The van der Waals surface area contributed by atoms with Gasteiger partial charge in [-0.05, 0) is 79.0 Å². The summed E-state index contributed by atoms with van der Waals surface area (Å²) < 4.78 is 0. The Kier molecular flexibility index (Phi) is 6.95. The molecule has 0 aliphatic rings. The van der Waals surface area contributed by atoms with Crippen molar-refractivity contribution >= 4 is 59.1 Å². The molecule has 0 atom stereocenters. The first kappa shape index (κ1) is 18.9. The zero-order valence-corrected chi connectivity index (χ0v) is 17.9. The van der Waals surface area contributed by atoms with E-state index in [1.807, 2.05) is 0 Å². The molecule has 4 heteroatoms. The Balaban J connectivity index is 2.04. The van der Waals surface area contributed by atoms with E-state index < -0.39 is 7.92 Å². The molecule has 0 aromatic heterocycles. The summed E-state index contributed by atoms with van der Waals surface area (Å²) in [5.74, 6) is 0. The van der Waals surface area contributed by atoms with Crippen molar-refractivity contribution in [2.75, 3.05) is 18.8 Å². The average Bonchev–Trinajstić information content (AvgIpc) is 2.70. The highest BCUT2D eigenvalue weighted by Crippen LogP contribution is 2.34. The zero-order valence-electron chi connectivity index (χ0n) is 14.6. The first-order chi connectivity index (χ1) is 12.2. The monoisotopic (exact) mass is 400 g/mol. The van der Waals surface area contributed by atoms with Crippen molar-refractivity contribution in [3.05, 3.63) is 72.8 Å². The lowest BCUT2D eigenvalue weighted by molar-refractivity contribution is 1.48. The summed E-state index contributed by atoms with van der Waals surface area (Å²) in [6, 6.07) is 27.2. The van der Waals surface area contributed by atoms with Crippen LogP contribution in [0.1, 0.15) is 0 Å². The molecule has 0 fully saturated rings. The Morgan fingerprint density at radius 1 is 0.440 bits per heavy atom. The summed E-state index contributed by atoms with van der Waals surface area (Å²) in [4.78, 5) is 3.94. The van der Waals surface area contributed by atoms with Crippen LogP contribution in [0.4, 0.5) is 0 Å². The fraction of sp³-hybridized carbons (Fsp3) is 0.143. The maximum Gasteiger partial charge on any atom is 0.00695 e. The Labute approximate surface area is 165 Å². The molecule has 0 saturated carbocycles. The minimum Gasteiger partial charge on any atom is -0.130 e. The molecule has 0 radical (unpaired) electrons. The standard InChI is InChI=1S/C21H21PS3/c1-23-19-10-4-16(5-11-19)22(17-6-12-20(24-2)13-7-17)18-8-14-21(25-3)15-9-18/h4-15H,1-3H3. The van der Waals surface area contributed by atoms with Crippen molar-refractivity contribution in [1.29, 1.82) is 0 Å². The SMILES string of the molecule is CSc1ccc(P(c2ccc(SC)cc2)c2ccc(SC)cc2)cc1. The second kappa shape index (κ2) is 9.19. The van der Waals surface area contributed by atoms with Crippen LogP contribution in [0.5, 0.6) is 0 Å². The first-order valence-corrected chi connectivity index (χ1v) is 13.0. The highest BCUT2D eigenvalue weighted by molar-refractivity contribution is 7.99. The third kappa shape index (κ3) is 4.65. The third-order valence-corrected chi connectivity index (χ3v) is 8.67. The largest absolute Gasteiger partial charge is 0.130 e. The summed E-state index contributed by atoms with van der Waals surface area (Å²) >= 11 is 5.38. The van der Waals surface area contributed by atoms with Crippen LogP contribution < -0.4 is 15.9 Å². The highest BCUT2D eigenvalue weighted by atomic mass is 32.2. The lowest BCUT2D eigenvalue weighted by Crippen LogP contribution is -2.20. The minimum absolute atomic E-state index is 0.526. The van der Waals surface area contributed by atoms with Crippen LogP contribution in [0, 0.1) is 0 Å². The lowest BCUT2D eigenvalue weighted by atomic mass is 10.3. The number of hydrogen-bond acceptors (Lipinski definition) is 3. The van der Waals surface area contributed by atoms with Gasteiger partial charge in [0.15, 0.2) is 0 Å². The second-order valence-electron chi connectivity index (χ2n) is 5.43. The maximum absolute atomic E-state index is 2.29. The first-order valence-electron chi connectivity index (χ1n) is 7.97. The molecule has 0 unspecified atom stereocenters. The van der Waals surface area contributed by atoms with E-state index in [1.54, 1.807) is 35.3 Å². The molecule has 128 valence electrons. The van der Waals surface area contributed by atoms with Crippen molar-refractivity contribution in [2.24, 2.45) is 0 Å². The van der Waals surface area contributed by atoms with Gasteiger partial charge in [-0.15, -0.1) is 35.3 Å². The van der Waals surface area contributed by atoms with Crippen molar-refractivity contribution in [3.63, 3.8) is 0 Å². The molecule has 0 aliphatic heterocycles. The van der Waals surface area contributed by atoms with Gasteiger partial charge in [-0.2, -0.15) is 0 Å². The third-order valence-electron chi connectivity index (χ3n) is 3.99. The van der Waals surface area contributed by atoms with Crippen LogP contribution in [0.15, 0.2) is 87.5 Å². The zero-order chi connectivity index (χ0) is 17.6. The van der Waals surface area contributed by atoms with Gasteiger partial charge in [0.2, 0.25) is 0 Å². The van der Waals surface area contributed by atoms with E-state index in [4.69, 9.17) is 0 Å². The van der Waals surface area contributed by atoms with E-state index in [-0.39, 0.29) is 0 Å². The molecule has 0 N–H and O–H groups in total. The molecule has 0 bridgehead atoms. The number of rotatable bonds is 6. The van der Waals surface area contributed by atoms with Gasteiger partial charge in [-0.25, -0.2) is 0 Å². The summed E-state index contributed by atoms with van der Waals surface area (Å²) in [6.07, 6.45) is 6.38. The Hall–Kier alpha value is -0.860. The van der Waals surface area contributed by atoms with Crippen LogP contribution in [-0.2, 0) is 0 Å². The predicted octanol–water partition coefficient (Wildman–Crippen LogP) is 5.61.